The van der Waals surface area contributed by atoms with Crippen LogP contribution in [-0.2, 0) is 0 Å². The third kappa shape index (κ3) is 13.6. The first kappa shape index (κ1) is 54.6. The van der Waals surface area contributed by atoms with E-state index in [1.54, 1.807) is 49.6 Å². The Kier molecular flexibility index (Phi) is 19.2. The summed E-state index contributed by atoms with van der Waals surface area (Å²) in [6.45, 7) is 0. The van der Waals surface area contributed by atoms with Gasteiger partial charge in [0, 0.05) is 34.6 Å². The smallest absolute Gasteiger partial charge is 0.488 e. The van der Waals surface area contributed by atoms with Gasteiger partial charge in [-0.25, -0.2) is 9.97 Å². The molecular weight excluding hydrogens is 998 g/mol. The third-order valence-corrected chi connectivity index (χ3v) is 18.6. The molecule has 1 aliphatic heterocycles. The van der Waals surface area contributed by atoms with Gasteiger partial charge >= 0.3 is 18.5 Å². The molecule has 14 nitrogen and oxygen atoms in total. The first-order valence-electron chi connectivity index (χ1n) is 25.5. The van der Waals surface area contributed by atoms with Crippen molar-refractivity contribution < 1.29 is 29.2 Å². The van der Waals surface area contributed by atoms with Gasteiger partial charge in [0.2, 0.25) is 19.1 Å². The maximum Gasteiger partial charge on any atom is 0.488 e. The second kappa shape index (κ2) is 26.7. The monoisotopic (exact) mass is 1060 g/mol. The number of methoxy groups -OCH3 is 1. The standard InChI is InChI=1S/C25H32O2P.C17H13N3O2.C11H8ClN3O2.C6H7BO2/c1-26-22-16-10-17-23-25(22)21-15-8-9-18-24(21)28(27-23,19-11-4-2-5-12-19)20-13-6-3-7-14-20;21-20(22)16-12-11-15(13-7-3-1-4-8-13)19-17(16)18-14-9-5-2-6-10-14;12-10-7-6-9(15(16)17)11(14-10)13-8-4-2-1-3-5-8;8-7(9)6-4-2-1-3-5-6/h8-10,15-20H,2-7,11-14H2,1H3;1-12H,(H,18,19);1-7H,(H,13,14);1-5,8-9H/q+1;;;. The lowest BCUT2D eigenvalue weighted by Crippen LogP contribution is -2.40. The van der Waals surface area contributed by atoms with Gasteiger partial charge in [-0.2, -0.15) is 0 Å². The number of nitrogens with one attached hydrogen (secondary N) is 2. The average Bonchev–Trinajstić information content (AvgIpc) is 3.53. The first-order valence-corrected chi connectivity index (χ1v) is 27.7. The summed E-state index contributed by atoms with van der Waals surface area (Å²) in [6, 6.07) is 57.9. The fourth-order valence-electron chi connectivity index (χ4n) is 10.1. The minimum atomic E-state index is -1.75. The molecule has 11 rings (SSSR count). The fraction of sp³-hybridized carbons (Fsp3) is 0.220. The summed E-state index contributed by atoms with van der Waals surface area (Å²) >= 11 is 5.71. The van der Waals surface area contributed by atoms with E-state index in [2.05, 4.69) is 63.1 Å². The lowest BCUT2D eigenvalue weighted by molar-refractivity contribution is -0.384. The quantitative estimate of drug-likeness (QED) is 0.0315. The van der Waals surface area contributed by atoms with E-state index >= 15 is 0 Å². The van der Waals surface area contributed by atoms with Gasteiger partial charge in [-0.15, -0.1) is 0 Å². The molecule has 2 saturated carbocycles. The SMILES string of the molecule is COc1cccc2c1-c1ccccc1[P+](C1CCCCC1)(C1CCCCC1)O2.O=[N+]([O-])c1ccc(-c2ccccc2)nc1Nc1ccccc1.O=[N+]([O-])c1ccc(Cl)nc1Nc1ccccc1.OB(O)c1ccccc1. The Hall–Kier alpha value is -7.68. The van der Waals surface area contributed by atoms with E-state index < -0.39 is 24.5 Å². The van der Waals surface area contributed by atoms with Crippen LogP contribution in [0.15, 0.2) is 188 Å². The van der Waals surface area contributed by atoms with Gasteiger partial charge in [-0.3, -0.25) is 20.2 Å². The lowest BCUT2D eigenvalue weighted by Gasteiger charge is -2.44. The topological polar surface area (TPSA) is 195 Å². The van der Waals surface area contributed by atoms with Crippen LogP contribution in [-0.4, -0.2) is 55.4 Å². The van der Waals surface area contributed by atoms with Crippen LogP contribution in [0, 0.1) is 20.2 Å². The van der Waals surface area contributed by atoms with Crippen LogP contribution < -0.4 is 30.7 Å². The predicted octanol–water partition coefficient (Wildman–Crippen LogP) is 14.1. The van der Waals surface area contributed by atoms with Crippen LogP contribution >= 0.6 is 19.1 Å². The Morgan fingerprint density at radius 1 is 0.592 bits per heavy atom. The minimum absolute atomic E-state index is 0.0523. The molecule has 76 heavy (non-hydrogen) atoms. The normalized spacial score (nSPS) is 14.4. The van der Waals surface area contributed by atoms with Crippen molar-refractivity contribution in [3.05, 3.63) is 213 Å². The van der Waals surface area contributed by atoms with Crippen LogP contribution in [0.4, 0.5) is 34.4 Å². The number of pyridine rings is 2. The number of ether oxygens (including phenoxy) is 1. The van der Waals surface area contributed by atoms with Crippen molar-refractivity contribution in [3.8, 4) is 33.9 Å². The zero-order valence-corrected chi connectivity index (χ0v) is 43.8. The maximum atomic E-state index is 11.2. The Morgan fingerprint density at radius 2 is 1.08 bits per heavy atom. The second-order valence-corrected chi connectivity index (χ2v) is 22.4. The van der Waals surface area contributed by atoms with Gasteiger partial charge in [0.15, 0.2) is 5.75 Å². The number of hydrogen-bond donors (Lipinski definition) is 4. The highest BCUT2D eigenvalue weighted by Crippen LogP contribution is 2.75. The van der Waals surface area contributed by atoms with Crippen LogP contribution in [0.3, 0.4) is 0 Å². The van der Waals surface area contributed by atoms with Crippen molar-refractivity contribution in [3.63, 3.8) is 0 Å². The van der Waals surface area contributed by atoms with Crippen LogP contribution in [0.1, 0.15) is 64.2 Å². The number of hydrogen-bond acceptors (Lipinski definition) is 12. The van der Waals surface area contributed by atoms with Crippen molar-refractivity contribution in [1.82, 2.24) is 9.97 Å². The van der Waals surface area contributed by atoms with Gasteiger partial charge in [0.25, 0.3) is 0 Å². The maximum absolute atomic E-state index is 11.2. The zero-order valence-electron chi connectivity index (χ0n) is 42.2. The summed E-state index contributed by atoms with van der Waals surface area (Å²) in [7, 11) is -1.32. The van der Waals surface area contributed by atoms with E-state index in [-0.39, 0.29) is 28.2 Å². The Bertz CT molecular complexity index is 3140. The molecule has 3 heterocycles. The summed E-state index contributed by atoms with van der Waals surface area (Å²) in [5.74, 6) is 2.38. The van der Waals surface area contributed by atoms with Crippen LogP contribution in [0.25, 0.3) is 22.4 Å². The van der Waals surface area contributed by atoms with E-state index in [1.165, 1.54) is 98.8 Å². The van der Waals surface area contributed by atoms with Gasteiger partial charge in [-0.1, -0.05) is 140 Å². The molecule has 2 aromatic heterocycles. The van der Waals surface area contributed by atoms with Crippen LogP contribution in [0.2, 0.25) is 5.15 Å². The van der Waals surface area contributed by atoms with Crippen molar-refractivity contribution in [2.45, 2.75) is 75.5 Å². The van der Waals surface area contributed by atoms with Gasteiger partial charge in [-0.05, 0) is 117 Å². The van der Waals surface area contributed by atoms with Crippen molar-refractivity contribution in [2.75, 3.05) is 17.7 Å². The summed E-state index contributed by atoms with van der Waals surface area (Å²) < 4.78 is 13.1. The number of nitrogens with zero attached hydrogens (tertiary/aromatic N) is 4. The number of aromatic nitrogens is 2. The zero-order chi connectivity index (χ0) is 53.3. The average molecular weight is 1060 g/mol. The molecule has 0 unspecified atom stereocenters. The summed E-state index contributed by atoms with van der Waals surface area (Å²) in [4.78, 5) is 29.4. The predicted molar refractivity (Wildman–Crippen MR) is 307 cm³/mol. The molecule has 0 radical (unpaired) electrons. The number of para-hydroxylation sites is 2. The fourth-order valence-corrected chi connectivity index (χ4v) is 15.6. The molecule has 0 atom stereocenters. The lowest BCUT2D eigenvalue weighted by atomic mass is 9.81. The molecule has 3 aliphatic rings. The highest BCUT2D eigenvalue weighted by atomic mass is 35.5. The van der Waals surface area contributed by atoms with Crippen molar-refractivity contribution in [1.29, 1.82) is 0 Å². The van der Waals surface area contributed by atoms with Gasteiger partial charge < -0.3 is 29.9 Å². The van der Waals surface area contributed by atoms with E-state index in [1.807, 2.05) is 84.9 Å². The minimum Gasteiger partial charge on any atom is -0.496 e. The van der Waals surface area contributed by atoms with Crippen molar-refractivity contribution in [2.24, 2.45) is 0 Å². The first-order chi connectivity index (χ1) is 37.0. The molecule has 388 valence electrons. The number of fused-ring (bicyclic) bond motifs is 3. The van der Waals surface area contributed by atoms with Gasteiger partial charge in [0.1, 0.15) is 27.5 Å². The molecule has 0 amide bonds. The third-order valence-electron chi connectivity index (χ3n) is 13.6. The highest BCUT2D eigenvalue weighted by molar-refractivity contribution is 7.80. The molecule has 4 N–H and O–H groups in total. The van der Waals surface area contributed by atoms with E-state index in [4.69, 9.17) is 30.9 Å². The summed E-state index contributed by atoms with van der Waals surface area (Å²) in [5.41, 5.74) is 7.43. The van der Waals surface area contributed by atoms with Gasteiger partial charge in [0.05, 0.1) is 28.2 Å². The number of nitro groups is 2. The molecule has 17 heteroatoms. The van der Waals surface area contributed by atoms with E-state index in [9.17, 15) is 20.2 Å². The second-order valence-electron chi connectivity index (χ2n) is 18.4. The number of anilines is 4. The molecule has 6 aromatic carbocycles. The number of halogens is 1. The van der Waals surface area contributed by atoms with E-state index in [0.717, 1.165) is 34.1 Å². The highest BCUT2D eigenvalue weighted by Gasteiger charge is 2.61. The molecule has 0 saturated heterocycles. The summed E-state index contributed by atoms with van der Waals surface area (Å²) in [5, 5.41) is 46.8. The Morgan fingerprint density at radius 3 is 1.59 bits per heavy atom. The Labute approximate surface area is 449 Å². The molecule has 2 aliphatic carbocycles. The molecule has 0 bridgehead atoms. The van der Waals surface area contributed by atoms with E-state index in [0.29, 0.717) is 16.8 Å². The largest absolute Gasteiger partial charge is 0.496 e. The summed E-state index contributed by atoms with van der Waals surface area (Å²) in [6.07, 6.45) is 13.7. The number of benzene rings is 6. The molecule has 0 spiro atoms. The molecule has 2 fully saturated rings. The van der Waals surface area contributed by atoms with Crippen molar-refractivity contribution >= 4 is 71.4 Å². The Balaban J connectivity index is 0.000000143. The molecule has 8 aromatic rings. The van der Waals surface area contributed by atoms with Crippen LogP contribution in [0.5, 0.6) is 11.5 Å². The number of rotatable bonds is 11. The molecular formula is C59H60BClN6O8P+.